The van der Waals surface area contributed by atoms with Gasteiger partial charge in [0.05, 0.1) is 17.0 Å². The van der Waals surface area contributed by atoms with Crippen LogP contribution in [0.4, 0.5) is 0 Å². The monoisotopic (exact) mass is 453 g/mol. The molecule has 166 valence electrons. The van der Waals surface area contributed by atoms with Crippen molar-refractivity contribution in [1.29, 1.82) is 0 Å². The fourth-order valence-electron chi connectivity index (χ4n) is 3.21. The number of ether oxygens (including phenoxy) is 3. The maximum Gasteiger partial charge on any atom is 0.178 e. The van der Waals surface area contributed by atoms with Crippen molar-refractivity contribution in [2.45, 2.75) is 17.9 Å². The fourth-order valence-corrected chi connectivity index (χ4v) is 3.84. The molecule has 0 amide bonds. The Kier molecular flexibility index (Phi) is 6.11. The highest BCUT2D eigenvalue weighted by molar-refractivity contribution is 7.90. The van der Waals surface area contributed by atoms with Crippen LogP contribution in [0.3, 0.4) is 0 Å². The van der Waals surface area contributed by atoms with E-state index in [4.69, 9.17) is 14.2 Å². The Hall–Kier alpha value is -3.43. The van der Waals surface area contributed by atoms with E-state index in [0.717, 1.165) is 11.1 Å². The number of aromatic nitrogens is 3. The highest BCUT2D eigenvalue weighted by Crippen LogP contribution is 2.33. The maximum absolute atomic E-state index is 11.7. The average Bonchev–Trinajstić information content (AvgIpc) is 3.18. The number of nitrogens with one attached hydrogen (secondary N) is 1. The molecular formula is C23H23N3O5S. The van der Waals surface area contributed by atoms with Crippen LogP contribution in [0.2, 0.25) is 0 Å². The zero-order valence-corrected chi connectivity index (χ0v) is 18.7. The van der Waals surface area contributed by atoms with Gasteiger partial charge >= 0.3 is 0 Å². The Balaban J connectivity index is 1.69. The highest BCUT2D eigenvalue weighted by atomic mass is 32.2. The number of hydrogen-bond acceptors (Lipinski definition) is 7. The number of hydrogen-bond donors (Lipinski definition) is 1. The molecule has 0 unspecified atom stereocenters. The summed E-state index contributed by atoms with van der Waals surface area (Å²) in [5, 5.41) is 0. The zero-order valence-electron chi connectivity index (χ0n) is 17.9. The zero-order chi connectivity index (χ0) is 22.7. The number of H-pyrrole nitrogens is 1. The molecule has 0 saturated heterocycles. The van der Waals surface area contributed by atoms with Gasteiger partial charge in [-0.1, -0.05) is 0 Å². The Bertz CT molecular complexity index is 1300. The topological polar surface area (TPSA) is 103 Å². The van der Waals surface area contributed by atoms with Crippen LogP contribution in [0.1, 0.15) is 6.92 Å². The fraction of sp³-hybridized carbons (Fsp3) is 0.217. The van der Waals surface area contributed by atoms with Crippen molar-refractivity contribution < 1.29 is 22.6 Å². The summed E-state index contributed by atoms with van der Waals surface area (Å²) < 4.78 is 40.5. The first kappa shape index (κ1) is 21.8. The minimum absolute atomic E-state index is 0.172. The Labute approximate surface area is 186 Å². The number of rotatable bonds is 8. The molecular weight excluding hydrogens is 430 g/mol. The van der Waals surface area contributed by atoms with Gasteiger partial charge in [0.25, 0.3) is 0 Å². The summed E-state index contributed by atoms with van der Waals surface area (Å²) in [7, 11) is -1.66. The molecule has 0 spiro atoms. The molecule has 0 radical (unpaired) electrons. The van der Waals surface area contributed by atoms with E-state index in [9.17, 15) is 8.42 Å². The van der Waals surface area contributed by atoms with E-state index in [0.29, 0.717) is 35.3 Å². The van der Waals surface area contributed by atoms with Crippen molar-refractivity contribution in [3.8, 4) is 28.6 Å². The molecule has 2 aromatic carbocycles. The summed E-state index contributed by atoms with van der Waals surface area (Å²) >= 11 is 0. The molecule has 0 aliphatic rings. The maximum atomic E-state index is 11.7. The smallest absolute Gasteiger partial charge is 0.178 e. The molecule has 2 heterocycles. The third-order valence-corrected chi connectivity index (χ3v) is 5.77. The second-order valence-corrected chi connectivity index (χ2v) is 9.40. The number of fused-ring (bicyclic) bond motifs is 1. The first-order chi connectivity index (χ1) is 15.3. The lowest BCUT2D eigenvalue weighted by atomic mass is 10.2. The van der Waals surface area contributed by atoms with Gasteiger partial charge in [0.1, 0.15) is 29.2 Å². The van der Waals surface area contributed by atoms with E-state index in [-0.39, 0.29) is 11.0 Å². The second kappa shape index (κ2) is 8.97. The van der Waals surface area contributed by atoms with Gasteiger partial charge in [0.2, 0.25) is 0 Å². The van der Waals surface area contributed by atoms with Gasteiger partial charge in [-0.15, -0.1) is 0 Å². The predicted octanol–water partition coefficient (Wildman–Crippen LogP) is 4.23. The third-order valence-electron chi connectivity index (χ3n) is 4.64. The van der Waals surface area contributed by atoms with E-state index in [2.05, 4.69) is 15.0 Å². The van der Waals surface area contributed by atoms with E-state index >= 15 is 0 Å². The minimum Gasteiger partial charge on any atom is -0.488 e. The lowest BCUT2D eigenvalue weighted by Crippen LogP contribution is -2.17. The van der Waals surface area contributed by atoms with Gasteiger partial charge in [0.15, 0.2) is 15.5 Å². The Morgan fingerprint density at radius 1 is 1.03 bits per heavy atom. The number of benzene rings is 2. The van der Waals surface area contributed by atoms with Crippen LogP contribution in [0.15, 0.2) is 65.7 Å². The summed E-state index contributed by atoms with van der Waals surface area (Å²) in [6.07, 6.45) is 2.68. The summed E-state index contributed by atoms with van der Waals surface area (Å²) in [4.78, 5) is 12.3. The van der Waals surface area contributed by atoms with Crippen molar-refractivity contribution in [3.63, 3.8) is 0 Å². The number of pyridine rings is 1. The molecule has 4 aromatic rings. The van der Waals surface area contributed by atoms with Crippen LogP contribution in [-0.4, -0.2) is 49.4 Å². The number of aromatic amines is 1. The molecule has 0 fully saturated rings. The molecule has 0 bridgehead atoms. The van der Waals surface area contributed by atoms with Gasteiger partial charge < -0.3 is 19.2 Å². The van der Waals surface area contributed by atoms with E-state index < -0.39 is 9.84 Å². The third kappa shape index (κ3) is 5.06. The summed E-state index contributed by atoms with van der Waals surface area (Å²) in [6, 6.07) is 15.5. The summed E-state index contributed by atoms with van der Waals surface area (Å²) in [6.45, 7) is 2.34. The SMILES string of the molecule is COC[C@H](C)Oc1cc(Oc2ccc(S(C)(=O)=O)cc2)cc(-c2nc3ncccc3[nH]2)c1. The Morgan fingerprint density at radius 2 is 1.78 bits per heavy atom. The molecule has 2 aromatic heterocycles. The average molecular weight is 454 g/mol. The lowest BCUT2D eigenvalue weighted by Gasteiger charge is -2.16. The first-order valence-corrected chi connectivity index (χ1v) is 11.8. The van der Waals surface area contributed by atoms with Gasteiger partial charge in [-0.2, -0.15) is 0 Å². The molecule has 0 saturated carbocycles. The molecule has 0 aliphatic carbocycles. The molecule has 1 N–H and O–H groups in total. The number of sulfone groups is 1. The molecule has 0 aliphatic heterocycles. The van der Waals surface area contributed by atoms with Crippen molar-refractivity contribution >= 4 is 21.0 Å². The van der Waals surface area contributed by atoms with Crippen LogP contribution in [0, 0.1) is 0 Å². The number of nitrogens with zero attached hydrogens (tertiary/aromatic N) is 2. The number of methoxy groups -OCH3 is 1. The van der Waals surface area contributed by atoms with Crippen LogP contribution in [0.5, 0.6) is 17.2 Å². The van der Waals surface area contributed by atoms with Gasteiger partial charge in [-0.05, 0) is 55.5 Å². The van der Waals surface area contributed by atoms with Crippen molar-refractivity contribution in [2.75, 3.05) is 20.0 Å². The van der Waals surface area contributed by atoms with Crippen LogP contribution < -0.4 is 9.47 Å². The predicted molar refractivity (Wildman–Crippen MR) is 121 cm³/mol. The number of imidazole rings is 1. The quantitative estimate of drug-likeness (QED) is 0.426. The van der Waals surface area contributed by atoms with Crippen LogP contribution in [-0.2, 0) is 14.6 Å². The molecule has 32 heavy (non-hydrogen) atoms. The van der Waals surface area contributed by atoms with E-state index in [1.807, 2.05) is 31.2 Å². The van der Waals surface area contributed by atoms with Crippen molar-refractivity contribution in [2.24, 2.45) is 0 Å². The normalized spacial score (nSPS) is 12.6. The van der Waals surface area contributed by atoms with Gasteiger partial charge in [0, 0.05) is 31.2 Å². The van der Waals surface area contributed by atoms with Gasteiger partial charge in [-0.25, -0.2) is 18.4 Å². The van der Waals surface area contributed by atoms with Crippen LogP contribution in [0.25, 0.3) is 22.6 Å². The summed E-state index contributed by atoms with van der Waals surface area (Å²) in [5.74, 6) is 2.23. The van der Waals surface area contributed by atoms with Crippen LogP contribution >= 0.6 is 0 Å². The minimum atomic E-state index is -3.28. The molecule has 1 atom stereocenters. The lowest BCUT2D eigenvalue weighted by molar-refractivity contribution is 0.0920. The molecule has 4 rings (SSSR count). The first-order valence-electron chi connectivity index (χ1n) is 9.91. The van der Waals surface area contributed by atoms with Gasteiger partial charge in [-0.3, -0.25) is 0 Å². The van der Waals surface area contributed by atoms with Crippen molar-refractivity contribution in [1.82, 2.24) is 15.0 Å². The van der Waals surface area contributed by atoms with E-state index in [1.54, 1.807) is 31.5 Å². The second-order valence-electron chi connectivity index (χ2n) is 7.38. The van der Waals surface area contributed by atoms with Crippen molar-refractivity contribution in [3.05, 3.63) is 60.8 Å². The molecule has 9 heteroatoms. The standard InChI is InChI=1S/C23H23N3O5S/c1-15(14-29-2)30-18-11-16(22-25-21-5-4-10-24-23(21)26-22)12-19(13-18)31-17-6-8-20(9-7-17)32(3,27)28/h4-13,15H,14H2,1-3H3,(H,24,25,26)/t15-/m0/s1. The van der Waals surface area contributed by atoms with E-state index in [1.165, 1.54) is 18.4 Å². The summed E-state index contributed by atoms with van der Waals surface area (Å²) in [5.41, 5.74) is 2.19. The molecule has 8 nitrogen and oxygen atoms in total. The largest absolute Gasteiger partial charge is 0.488 e. The highest BCUT2D eigenvalue weighted by Gasteiger charge is 2.13. The Morgan fingerprint density at radius 3 is 2.47 bits per heavy atom.